The van der Waals surface area contributed by atoms with Gasteiger partial charge in [-0.15, -0.1) is 0 Å². The van der Waals surface area contributed by atoms with Gasteiger partial charge < -0.3 is 0 Å². The summed E-state index contributed by atoms with van der Waals surface area (Å²) in [5, 5.41) is 0. The summed E-state index contributed by atoms with van der Waals surface area (Å²) in [7, 11) is -2.37. The first-order valence-corrected chi connectivity index (χ1v) is 15.0. The lowest BCUT2D eigenvalue weighted by Gasteiger charge is -2.31. The Hall–Kier alpha value is 0.261. The number of hydrogen-bond donors (Lipinski definition) is 0. The van der Waals surface area contributed by atoms with Gasteiger partial charge in [-0.1, -0.05) is 68.9 Å². The van der Waals surface area contributed by atoms with Crippen molar-refractivity contribution in [3.63, 3.8) is 0 Å². The SMILES string of the molecule is C[Si](C)=CC=C([Si](C)(C)C)[Si](C)(C)C. The van der Waals surface area contributed by atoms with Gasteiger partial charge in [0, 0.05) is 8.41 Å². The van der Waals surface area contributed by atoms with Crippen LogP contribution in [0.25, 0.3) is 0 Å². The van der Waals surface area contributed by atoms with Crippen LogP contribution in [0.15, 0.2) is 10.9 Å². The first kappa shape index (κ1) is 14.3. The van der Waals surface area contributed by atoms with Crippen LogP contribution < -0.4 is 0 Å². The topological polar surface area (TPSA) is 0 Å². The van der Waals surface area contributed by atoms with Crippen LogP contribution in [0.4, 0.5) is 0 Å². The Morgan fingerprint density at radius 3 is 1.43 bits per heavy atom. The molecule has 0 bridgehead atoms. The Labute approximate surface area is 93.7 Å². The summed E-state index contributed by atoms with van der Waals surface area (Å²) >= 11 is 0. The van der Waals surface area contributed by atoms with Gasteiger partial charge in [-0.2, -0.15) is 0 Å². The van der Waals surface area contributed by atoms with Gasteiger partial charge in [0.15, 0.2) is 0 Å². The Bertz CT molecular complexity index is 229. The van der Waals surface area contributed by atoms with Crippen molar-refractivity contribution < 1.29 is 0 Å². The van der Waals surface area contributed by atoms with E-state index in [0.717, 1.165) is 0 Å². The van der Waals surface area contributed by atoms with Crippen LogP contribution >= 0.6 is 0 Å². The summed E-state index contributed by atoms with van der Waals surface area (Å²) in [5.41, 5.74) is 2.47. The highest BCUT2D eigenvalue weighted by Gasteiger charge is 2.29. The highest BCUT2D eigenvalue weighted by molar-refractivity contribution is 7.04. The third-order valence-electron chi connectivity index (χ3n) is 2.20. The Balaban J connectivity index is 5.15. The quantitative estimate of drug-likeness (QED) is 0.660. The van der Waals surface area contributed by atoms with Crippen molar-refractivity contribution in [2.45, 2.75) is 52.4 Å². The fourth-order valence-corrected chi connectivity index (χ4v) is 12.9. The van der Waals surface area contributed by atoms with E-state index >= 15 is 0 Å². The zero-order valence-electron chi connectivity index (χ0n) is 11.2. The maximum Gasteiger partial charge on any atom is 0.0681 e. The van der Waals surface area contributed by atoms with Crippen LogP contribution in [0, 0.1) is 0 Å². The molecule has 0 aromatic heterocycles. The maximum atomic E-state index is 2.49. The standard InChI is InChI=1S/C11H26Si3/c1-12(2)10-9-11(13(3,4)5)14(6,7)8/h9-10H,1-8H3. The molecule has 0 aromatic carbocycles. The van der Waals surface area contributed by atoms with E-state index in [1.165, 1.54) is 0 Å². The molecule has 0 amide bonds. The third kappa shape index (κ3) is 5.22. The van der Waals surface area contributed by atoms with E-state index in [4.69, 9.17) is 0 Å². The highest BCUT2D eigenvalue weighted by atomic mass is 28.4. The minimum Gasteiger partial charge on any atom is -0.0916 e. The fraction of sp³-hybridized carbons (Fsp3) is 0.727. The summed E-state index contributed by atoms with van der Waals surface area (Å²) in [6.45, 7) is 19.6. The number of rotatable bonds is 3. The molecular formula is C11H26Si3. The zero-order valence-corrected chi connectivity index (χ0v) is 14.2. The van der Waals surface area contributed by atoms with Crippen LogP contribution in [0.3, 0.4) is 0 Å². The van der Waals surface area contributed by atoms with E-state index in [-0.39, 0.29) is 8.41 Å². The molecule has 0 spiro atoms. The average Bonchev–Trinajstić information content (AvgIpc) is 1.78. The molecule has 0 radical (unpaired) electrons. The van der Waals surface area contributed by atoms with Gasteiger partial charge in [0.25, 0.3) is 0 Å². The van der Waals surface area contributed by atoms with Crippen LogP contribution in [0.2, 0.25) is 52.4 Å². The summed E-state index contributed by atoms with van der Waals surface area (Å²) < 4.78 is 0. The first-order chi connectivity index (χ1) is 6.05. The molecule has 14 heavy (non-hydrogen) atoms. The van der Waals surface area contributed by atoms with Crippen molar-refractivity contribution in [1.29, 1.82) is 0 Å². The summed E-state index contributed by atoms with van der Waals surface area (Å²) in [4.78, 5) is 1.83. The van der Waals surface area contributed by atoms with Crippen LogP contribution in [-0.2, 0) is 0 Å². The lowest BCUT2D eigenvalue weighted by molar-refractivity contribution is 1.64. The molecular weight excluding hydrogens is 216 g/mol. The molecule has 0 nitrogen and oxygen atoms in total. The molecule has 0 aliphatic heterocycles. The average molecular weight is 243 g/mol. The summed E-state index contributed by atoms with van der Waals surface area (Å²) in [6.07, 6.45) is 2.49. The van der Waals surface area contributed by atoms with Crippen molar-refractivity contribution >= 4 is 30.2 Å². The molecule has 0 atom stereocenters. The van der Waals surface area contributed by atoms with Crippen LogP contribution in [0.1, 0.15) is 0 Å². The van der Waals surface area contributed by atoms with Crippen molar-refractivity contribution in [3.8, 4) is 0 Å². The molecule has 0 N–H and O–H groups in total. The Morgan fingerprint density at radius 1 is 0.857 bits per heavy atom. The van der Waals surface area contributed by atoms with Gasteiger partial charge >= 0.3 is 0 Å². The van der Waals surface area contributed by atoms with Crippen molar-refractivity contribution in [1.82, 2.24) is 0 Å². The normalized spacial score (nSPS) is 12.3. The number of allylic oxidation sites excluding steroid dienone is 1. The molecule has 3 heteroatoms. The summed E-state index contributed by atoms with van der Waals surface area (Å²) in [6, 6.07) is 0. The molecule has 0 aromatic rings. The number of hydrogen-bond acceptors (Lipinski definition) is 0. The molecule has 0 saturated carbocycles. The van der Waals surface area contributed by atoms with E-state index in [0.29, 0.717) is 0 Å². The Morgan fingerprint density at radius 2 is 1.21 bits per heavy atom. The van der Waals surface area contributed by atoms with Crippen molar-refractivity contribution in [2.75, 3.05) is 0 Å². The minimum absolute atomic E-state index is 0.206. The fourth-order valence-electron chi connectivity index (χ4n) is 1.88. The predicted molar refractivity (Wildman–Crippen MR) is 78.3 cm³/mol. The van der Waals surface area contributed by atoms with Crippen LogP contribution in [-0.4, -0.2) is 30.2 Å². The molecule has 82 valence electrons. The third-order valence-corrected chi connectivity index (χ3v) is 11.1. The molecule has 0 saturated heterocycles. The molecule has 0 aliphatic rings. The lowest BCUT2D eigenvalue weighted by Crippen LogP contribution is -2.40. The second-order valence-corrected chi connectivity index (χ2v) is 19.4. The van der Waals surface area contributed by atoms with Gasteiger partial charge in [-0.25, -0.2) is 0 Å². The molecule has 0 heterocycles. The molecule has 0 unspecified atom stereocenters. The predicted octanol–water partition coefficient (Wildman–Crippen LogP) is 3.81. The van der Waals surface area contributed by atoms with E-state index in [9.17, 15) is 0 Å². The van der Waals surface area contributed by atoms with Gasteiger partial charge in [0.1, 0.15) is 0 Å². The van der Waals surface area contributed by atoms with E-state index in [1.54, 1.807) is 0 Å². The smallest absolute Gasteiger partial charge is 0.0681 e. The van der Waals surface area contributed by atoms with Gasteiger partial charge in [0.05, 0.1) is 16.1 Å². The van der Waals surface area contributed by atoms with Gasteiger partial charge in [-0.05, 0) is 0 Å². The Kier molecular flexibility index (Phi) is 4.95. The van der Waals surface area contributed by atoms with Crippen LogP contribution in [0.5, 0.6) is 0 Å². The highest BCUT2D eigenvalue weighted by Crippen LogP contribution is 2.24. The second kappa shape index (κ2) is 4.86. The van der Waals surface area contributed by atoms with Crippen molar-refractivity contribution in [3.05, 3.63) is 10.9 Å². The zero-order chi connectivity index (χ0) is 11.6. The molecule has 0 aliphatic carbocycles. The lowest BCUT2D eigenvalue weighted by atomic mass is 10.8. The van der Waals surface area contributed by atoms with E-state index in [2.05, 4.69) is 64.1 Å². The van der Waals surface area contributed by atoms with Gasteiger partial charge in [-0.3, -0.25) is 0 Å². The minimum atomic E-state index is -1.08. The molecule has 0 rings (SSSR count). The molecule has 0 fully saturated rings. The summed E-state index contributed by atoms with van der Waals surface area (Å²) in [5.74, 6) is 0. The van der Waals surface area contributed by atoms with E-state index < -0.39 is 16.1 Å². The second-order valence-electron chi connectivity index (χ2n) is 6.32. The van der Waals surface area contributed by atoms with Gasteiger partial charge in [0.2, 0.25) is 0 Å². The largest absolute Gasteiger partial charge is 0.0916 e. The van der Waals surface area contributed by atoms with E-state index in [1.807, 2.05) is 4.82 Å². The maximum absolute atomic E-state index is 2.49. The first-order valence-electron chi connectivity index (χ1n) is 5.41. The monoisotopic (exact) mass is 242 g/mol. The van der Waals surface area contributed by atoms with Crippen molar-refractivity contribution in [2.24, 2.45) is 0 Å².